The first-order valence-corrected chi connectivity index (χ1v) is 12.3. The molecule has 5 rings (SSSR count). The summed E-state index contributed by atoms with van der Waals surface area (Å²) in [6.45, 7) is 6.71. The first-order valence-electron chi connectivity index (χ1n) is 12.3. The maximum atomic E-state index is 13.9. The van der Waals surface area contributed by atoms with E-state index in [9.17, 15) is 9.59 Å². The van der Waals surface area contributed by atoms with Gasteiger partial charge in [-0.1, -0.05) is 6.07 Å². The number of rotatable bonds is 6. The molecule has 2 aliphatic carbocycles. The van der Waals surface area contributed by atoms with Gasteiger partial charge in [0.15, 0.2) is 0 Å². The third-order valence-corrected chi connectivity index (χ3v) is 6.62. The number of nitrogens with zero attached hydrogens (tertiary/aromatic N) is 5. The lowest BCUT2D eigenvalue weighted by atomic mass is 9.91. The number of aryl methyl sites for hydroxylation is 1. The fourth-order valence-corrected chi connectivity index (χ4v) is 4.89. The fourth-order valence-electron chi connectivity index (χ4n) is 4.89. The summed E-state index contributed by atoms with van der Waals surface area (Å²) in [5, 5.41) is 9.84. The van der Waals surface area contributed by atoms with Crippen molar-refractivity contribution >= 4 is 22.9 Å². The lowest BCUT2D eigenvalue weighted by Crippen LogP contribution is -2.44. The number of amides is 1. The predicted octanol–water partition coefficient (Wildman–Crippen LogP) is 3.82. The van der Waals surface area contributed by atoms with Crippen LogP contribution in [0, 0.1) is 0 Å². The zero-order valence-corrected chi connectivity index (χ0v) is 20.9. The van der Waals surface area contributed by atoms with Crippen LogP contribution in [0.15, 0.2) is 30.6 Å². The molecule has 1 aromatic carbocycles. The van der Waals surface area contributed by atoms with Crippen molar-refractivity contribution in [3.05, 3.63) is 47.4 Å². The summed E-state index contributed by atoms with van der Waals surface area (Å²) in [4.78, 5) is 28.5. The van der Waals surface area contributed by atoms with Crippen LogP contribution in [0.3, 0.4) is 0 Å². The summed E-state index contributed by atoms with van der Waals surface area (Å²) < 4.78 is 13.9. The highest BCUT2D eigenvalue weighted by Crippen LogP contribution is 2.35. The van der Waals surface area contributed by atoms with Crippen LogP contribution in [0.4, 0.5) is 4.79 Å². The summed E-state index contributed by atoms with van der Waals surface area (Å²) in [6, 6.07) is 6.15. The number of benzene rings is 1. The smallest absolute Gasteiger partial charge is 0.435 e. The van der Waals surface area contributed by atoms with Gasteiger partial charge in [0.05, 0.1) is 36.1 Å². The summed E-state index contributed by atoms with van der Waals surface area (Å²) in [6.07, 6.45) is 7.36. The van der Waals surface area contributed by atoms with Gasteiger partial charge in [-0.25, -0.2) is 4.79 Å². The van der Waals surface area contributed by atoms with Crippen molar-refractivity contribution in [3.8, 4) is 0 Å². The number of aromatic nitrogens is 4. The second kappa shape index (κ2) is 9.11. The topological polar surface area (TPSA) is 91.5 Å². The van der Waals surface area contributed by atoms with Gasteiger partial charge in [0.2, 0.25) is 0 Å². The highest BCUT2D eigenvalue weighted by molar-refractivity contribution is 6.06. The minimum absolute atomic E-state index is 0.0531. The molecule has 0 radical (unpaired) electrons. The van der Waals surface area contributed by atoms with Gasteiger partial charge in [-0.05, 0) is 70.6 Å². The molecule has 1 atom stereocenters. The Hall–Kier alpha value is -3.20. The van der Waals surface area contributed by atoms with E-state index in [0.29, 0.717) is 25.1 Å². The van der Waals surface area contributed by atoms with Crippen molar-refractivity contribution in [1.82, 2.24) is 24.5 Å². The van der Waals surface area contributed by atoms with Gasteiger partial charge < -0.3 is 14.4 Å². The molecule has 0 bridgehead atoms. The summed E-state index contributed by atoms with van der Waals surface area (Å²) in [5.41, 5.74) is 2.97. The van der Waals surface area contributed by atoms with Crippen LogP contribution >= 0.6 is 0 Å². The predicted molar refractivity (Wildman–Crippen MR) is 130 cm³/mol. The number of ether oxygens (including phenoxy) is 2. The monoisotopic (exact) mass is 479 g/mol. The van der Waals surface area contributed by atoms with E-state index in [1.165, 1.54) is 4.68 Å². The summed E-state index contributed by atoms with van der Waals surface area (Å²) >= 11 is 0. The molecule has 0 spiro atoms. The van der Waals surface area contributed by atoms with Crippen molar-refractivity contribution in [3.63, 3.8) is 0 Å². The number of carbonyl (C=O) groups is 2. The maximum Gasteiger partial charge on any atom is 0.435 e. The summed E-state index contributed by atoms with van der Waals surface area (Å²) in [7, 11) is 1.67. The molecular formula is C26H33N5O4. The number of fused-ring (bicyclic) bond motifs is 2. The van der Waals surface area contributed by atoms with Gasteiger partial charge in [-0.2, -0.15) is 14.9 Å². The van der Waals surface area contributed by atoms with Crippen molar-refractivity contribution in [2.24, 2.45) is 0 Å². The summed E-state index contributed by atoms with van der Waals surface area (Å²) in [5.74, 6) is 0.0531. The van der Waals surface area contributed by atoms with E-state index in [1.807, 2.05) is 43.7 Å². The maximum absolute atomic E-state index is 13.9. The Bertz CT molecular complexity index is 1250. The Balaban J connectivity index is 1.39. The molecule has 2 heterocycles. The Morgan fingerprint density at radius 3 is 2.69 bits per heavy atom. The quantitative estimate of drug-likeness (QED) is 0.534. The molecule has 9 heteroatoms. The second-order valence-corrected chi connectivity index (χ2v) is 10.5. The molecule has 2 aliphatic rings. The van der Waals surface area contributed by atoms with Crippen LogP contribution in [0.25, 0.3) is 10.9 Å². The number of carbonyl (C=O) groups excluding carboxylic acids is 2. The van der Waals surface area contributed by atoms with Gasteiger partial charge in [0, 0.05) is 30.8 Å². The van der Waals surface area contributed by atoms with E-state index < -0.39 is 11.7 Å². The molecule has 0 saturated heterocycles. The van der Waals surface area contributed by atoms with E-state index in [0.717, 1.165) is 47.8 Å². The van der Waals surface area contributed by atoms with Gasteiger partial charge in [-0.15, -0.1) is 0 Å². The molecule has 1 amide bonds. The molecule has 9 nitrogen and oxygen atoms in total. The SMILES string of the molecule is COCCn1ncc2c(C(=O)N(C3CC3)C3CCc4nn(C(=O)OC(C)(C)C)cc4C3)cccc21. The second-order valence-electron chi connectivity index (χ2n) is 10.5. The Morgan fingerprint density at radius 1 is 1.17 bits per heavy atom. The number of hydrogen-bond acceptors (Lipinski definition) is 6. The van der Waals surface area contributed by atoms with Crippen molar-refractivity contribution < 1.29 is 19.1 Å². The first-order chi connectivity index (χ1) is 16.7. The molecule has 1 saturated carbocycles. The minimum Gasteiger partial charge on any atom is -0.442 e. The van der Waals surface area contributed by atoms with Crippen LogP contribution in [-0.4, -0.2) is 67.9 Å². The van der Waals surface area contributed by atoms with Gasteiger partial charge in [0.1, 0.15) is 5.60 Å². The van der Waals surface area contributed by atoms with Gasteiger partial charge in [-0.3, -0.25) is 9.48 Å². The van der Waals surface area contributed by atoms with E-state index in [2.05, 4.69) is 15.1 Å². The van der Waals surface area contributed by atoms with Crippen molar-refractivity contribution in [1.29, 1.82) is 0 Å². The van der Waals surface area contributed by atoms with Crippen LogP contribution in [-0.2, 0) is 28.9 Å². The Labute approximate surface area is 205 Å². The third-order valence-electron chi connectivity index (χ3n) is 6.62. The molecule has 0 N–H and O–H groups in total. The van der Waals surface area contributed by atoms with Crippen molar-refractivity contribution in [2.45, 2.75) is 77.1 Å². The molecule has 0 aliphatic heterocycles. The van der Waals surface area contributed by atoms with E-state index in [4.69, 9.17) is 9.47 Å². The molecule has 3 aromatic rings. The van der Waals surface area contributed by atoms with Gasteiger partial charge >= 0.3 is 6.09 Å². The normalized spacial score (nSPS) is 17.9. The third kappa shape index (κ3) is 4.82. The van der Waals surface area contributed by atoms with Crippen LogP contribution < -0.4 is 0 Å². The molecule has 1 unspecified atom stereocenters. The highest BCUT2D eigenvalue weighted by Gasteiger charge is 2.40. The van der Waals surface area contributed by atoms with Crippen LogP contribution in [0.1, 0.15) is 61.6 Å². The van der Waals surface area contributed by atoms with Gasteiger partial charge in [0.25, 0.3) is 5.91 Å². The standard InChI is InChI=1S/C26H33N5O4/c1-26(2,3)35-25(33)30-16-17-14-19(10-11-22(17)28-30)31(18-8-9-18)24(32)20-6-5-7-23-21(20)15-27-29(23)12-13-34-4/h5-7,15-16,18-19H,8-14H2,1-4H3. The lowest BCUT2D eigenvalue weighted by molar-refractivity contribution is 0.0513. The zero-order chi connectivity index (χ0) is 24.7. The zero-order valence-electron chi connectivity index (χ0n) is 20.9. The molecule has 1 fully saturated rings. The van der Waals surface area contributed by atoms with Crippen LogP contribution in [0.2, 0.25) is 0 Å². The Morgan fingerprint density at radius 2 is 1.97 bits per heavy atom. The largest absolute Gasteiger partial charge is 0.442 e. The van der Waals surface area contributed by atoms with E-state index in [-0.39, 0.29) is 18.0 Å². The minimum atomic E-state index is -0.584. The van der Waals surface area contributed by atoms with Crippen LogP contribution in [0.5, 0.6) is 0 Å². The van der Waals surface area contributed by atoms with E-state index in [1.54, 1.807) is 19.5 Å². The average molecular weight is 480 g/mol. The van der Waals surface area contributed by atoms with E-state index >= 15 is 0 Å². The molecule has 35 heavy (non-hydrogen) atoms. The molecule has 2 aromatic heterocycles. The Kier molecular flexibility index (Phi) is 6.13. The average Bonchev–Trinajstić information content (AvgIpc) is 3.40. The lowest BCUT2D eigenvalue weighted by Gasteiger charge is -2.34. The number of hydrogen-bond donors (Lipinski definition) is 0. The highest BCUT2D eigenvalue weighted by atomic mass is 16.6. The number of methoxy groups -OCH3 is 1. The fraction of sp³-hybridized carbons (Fsp3) is 0.538. The first kappa shape index (κ1) is 23.5. The molecule has 186 valence electrons. The van der Waals surface area contributed by atoms with Crippen molar-refractivity contribution in [2.75, 3.05) is 13.7 Å². The molecular weight excluding hydrogens is 446 g/mol.